The quantitative estimate of drug-likeness (QED) is 0.740. The molecule has 2 aliphatic heterocycles. The predicted octanol–water partition coefficient (Wildman–Crippen LogP) is 3.22. The van der Waals surface area contributed by atoms with Crippen LogP contribution in [0.4, 0.5) is 11.5 Å². The molecule has 7 heteroatoms. The van der Waals surface area contributed by atoms with Crippen molar-refractivity contribution < 1.29 is 14.3 Å². The minimum atomic E-state index is -0.263. The van der Waals surface area contributed by atoms with Gasteiger partial charge >= 0.3 is 0 Å². The molecule has 0 radical (unpaired) electrons. The van der Waals surface area contributed by atoms with Gasteiger partial charge in [-0.15, -0.1) is 0 Å². The number of nitrogens with zero attached hydrogens (tertiary/aromatic N) is 3. The second kappa shape index (κ2) is 7.43. The van der Waals surface area contributed by atoms with E-state index in [4.69, 9.17) is 9.47 Å². The number of carbonyl (C=O) groups excluding carboxylic acids is 1. The first kappa shape index (κ1) is 17.5. The number of nitrogens with one attached hydrogen (secondary N) is 1. The van der Waals surface area contributed by atoms with E-state index < -0.39 is 0 Å². The zero-order valence-electron chi connectivity index (χ0n) is 15.8. The molecule has 1 amide bonds. The van der Waals surface area contributed by atoms with E-state index in [1.165, 1.54) is 11.8 Å². The standard InChI is InChI=1S/C22H20N4O3/c27-22(25-11-15-7-8-19-20(10-15)29-14-28-19)17-12-24-21(13-23-17)26-9-3-5-16-4-1-2-6-18(16)26/h1-2,4,6-8,10,12-13H,3,5,9,11,14H2,(H,25,27). The molecular formula is C22H20N4O3. The van der Waals surface area contributed by atoms with Crippen LogP contribution in [0.1, 0.15) is 28.0 Å². The zero-order valence-corrected chi connectivity index (χ0v) is 15.8. The zero-order chi connectivity index (χ0) is 19.6. The van der Waals surface area contributed by atoms with Crippen molar-refractivity contribution in [1.82, 2.24) is 15.3 Å². The fraction of sp³-hybridized carbons (Fsp3) is 0.227. The molecule has 0 aliphatic carbocycles. The van der Waals surface area contributed by atoms with E-state index >= 15 is 0 Å². The summed E-state index contributed by atoms with van der Waals surface area (Å²) in [6, 6.07) is 13.9. The number of rotatable bonds is 4. The van der Waals surface area contributed by atoms with Crippen LogP contribution in [-0.4, -0.2) is 29.2 Å². The summed E-state index contributed by atoms with van der Waals surface area (Å²) in [7, 11) is 0. The van der Waals surface area contributed by atoms with Crippen LogP contribution in [0.3, 0.4) is 0 Å². The number of para-hydroxylation sites is 1. The lowest BCUT2D eigenvalue weighted by Gasteiger charge is -2.30. The summed E-state index contributed by atoms with van der Waals surface area (Å²) in [5.74, 6) is 1.91. The van der Waals surface area contributed by atoms with Crippen molar-refractivity contribution in [2.24, 2.45) is 0 Å². The Morgan fingerprint density at radius 1 is 1.07 bits per heavy atom. The highest BCUT2D eigenvalue weighted by Gasteiger charge is 2.19. The third-order valence-corrected chi connectivity index (χ3v) is 5.15. The number of hydrogen-bond donors (Lipinski definition) is 1. The Kier molecular flexibility index (Phi) is 4.48. The molecule has 0 unspecified atom stereocenters. The Hall–Kier alpha value is -3.61. The molecule has 0 fully saturated rings. The Morgan fingerprint density at radius 3 is 2.86 bits per heavy atom. The first-order valence-electron chi connectivity index (χ1n) is 9.62. The number of anilines is 2. The van der Waals surface area contributed by atoms with E-state index in [9.17, 15) is 4.79 Å². The van der Waals surface area contributed by atoms with Crippen molar-refractivity contribution in [3.63, 3.8) is 0 Å². The van der Waals surface area contributed by atoms with E-state index in [-0.39, 0.29) is 12.7 Å². The monoisotopic (exact) mass is 388 g/mol. The molecular weight excluding hydrogens is 368 g/mol. The number of carbonyl (C=O) groups is 1. The Morgan fingerprint density at radius 2 is 1.97 bits per heavy atom. The molecule has 3 heterocycles. The molecule has 29 heavy (non-hydrogen) atoms. The molecule has 0 atom stereocenters. The first-order chi connectivity index (χ1) is 14.3. The van der Waals surface area contributed by atoms with Crippen LogP contribution in [0, 0.1) is 0 Å². The lowest BCUT2D eigenvalue weighted by molar-refractivity contribution is 0.0945. The fourth-order valence-corrected chi connectivity index (χ4v) is 3.67. The minimum Gasteiger partial charge on any atom is -0.454 e. The number of hydrogen-bond acceptors (Lipinski definition) is 6. The van der Waals surface area contributed by atoms with Crippen LogP contribution in [0.15, 0.2) is 54.9 Å². The summed E-state index contributed by atoms with van der Waals surface area (Å²) < 4.78 is 10.7. The lowest BCUT2D eigenvalue weighted by Crippen LogP contribution is -2.27. The molecule has 146 valence electrons. The molecule has 3 aromatic rings. The van der Waals surface area contributed by atoms with Gasteiger partial charge in [0.15, 0.2) is 17.3 Å². The second-order valence-corrected chi connectivity index (χ2v) is 7.01. The smallest absolute Gasteiger partial charge is 0.271 e. The number of amides is 1. The van der Waals surface area contributed by atoms with Gasteiger partial charge in [-0.2, -0.15) is 0 Å². The number of aryl methyl sites for hydroxylation is 1. The highest BCUT2D eigenvalue weighted by atomic mass is 16.7. The predicted molar refractivity (Wildman–Crippen MR) is 108 cm³/mol. The summed E-state index contributed by atoms with van der Waals surface area (Å²) in [5.41, 5.74) is 3.69. The third-order valence-electron chi connectivity index (χ3n) is 5.15. The first-order valence-corrected chi connectivity index (χ1v) is 9.62. The summed E-state index contributed by atoms with van der Waals surface area (Å²) in [6.07, 6.45) is 5.33. The highest BCUT2D eigenvalue weighted by molar-refractivity contribution is 5.92. The molecule has 2 aromatic carbocycles. The maximum Gasteiger partial charge on any atom is 0.271 e. The van der Waals surface area contributed by atoms with Crippen molar-refractivity contribution in [2.45, 2.75) is 19.4 Å². The summed E-state index contributed by atoms with van der Waals surface area (Å²) >= 11 is 0. The number of ether oxygens (including phenoxy) is 2. The van der Waals surface area contributed by atoms with Gasteiger partial charge in [-0.25, -0.2) is 9.97 Å². The van der Waals surface area contributed by atoms with E-state index in [1.54, 1.807) is 6.20 Å². The Balaban J connectivity index is 1.26. The largest absolute Gasteiger partial charge is 0.454 e. The highest BCUT2D eigenvalue weighted by Crippen LogP contribution is 2.33. The molecule has 0 bridgehead atoms. The van der Waals surface area contributed by atoms with Crippen LogP contribution in [-0.2, 0) is 13.0 Å². The molecule has 2 aliphatic rings. The van der Waals surface area contributed by atoms with Gasteiger partial charge in [0.2, 0.25) is 6.79 Å². The molecule has 0 saturated carbocycles. The van der Waals surface area contributed by atoms with E-state index in [0.717, 1.165) is 42.2 Å². The van der Waals surface area contributed by atoms with Crippen molar-refractivity contribution in [3.05, 3.63) is 71.7 Å². The Bertz CT molecular complexity index is 1050. The minimum absolute atomic E-state index is 0.231. The topological polar surface area (TPSA) is 76.6 Å². The van der Waals surface area contributed by atoms with Crippen LogP contribution >= 0.6 is 0 Å². The van der Waals surface area contributed by atoms with Gasteiger partial charge in [0, 0.05) is 18.8 Å². The normalized spacial score (nSPS) is 14.4. The van der Waals surface area contributed by atoms with Gasteiger partial charge in [0.1, 0.15) is 5.69 Å². The number of benzene rings is 2. The van der Waals surface area contributed by atoms with Gasteiger partial charge in [0.25, 0.3) is 5.91 Å². The average Bonchev–Trinajstić information content (AvgIpc) is 3.25. The van der Waals surface area contributed by atoms with Crippen molar-refractivity contribution >= 4 is 17.4 Å². The van der Waals surface area contributed by atoms with E-state index in [2.05, 4.69) is 38.4 Å². The number of aromatic nitrogens is 2. The Labute approximate surface area is 168 Å². The van der Waals surface area contributed by atoms with Crippen LogP contribution in [0.25, 0.3) is 0 Å². The maximum absolute atomic E-state index is 12.5. The summed E-state index contributed by atoms with van der Waals surface area (Å²) in [5, 5.41) is 2.87. The SMILES string of the molecule is O=C(NCc1ccc2c(c1)OCO2)c1cnc(N2CCCc3ccccc32)cn1. The van der Waals surface area contributed by atoms with Gasteiger partial charge < -0.3 is 19.7 Å². The van der Waals surface area contributed by atoms with Gasteiger partial charge in [-0.1, -0.05) is 24.3 Å². The van der Waals surface area contributed by atoms with E-state index in [1.807, 2.05) is 24.3 Å². The second-order valence-electron chi connectivity index (χ2n) is 7.01. The lowest BCUT2D eigenvalue weighted by atomic mass is 10.0. The maximum atomic E-state index is 12.5. The molecule has 0 spiro atoms. The van der Waals surface area contributed by atoms with E-state index in [0.29, 0.717) is 18.0 Å². The van der Waals surface area contributed by atoms with Crippen LogP contribution < -0.4 is 19.7 Å². The summed E-state index contributed by atoms with van der Waals surface area (Å²) in [4.78, 5) is 23.4. The molecule has 0 saturated heterocycles. The van der Waals surface area contributed by atoms with Crippen LogP contribution in [0.5, 0.6) is 11.5 Å². The van der Waals surface area contributed by atoms with Crippen molar-refractivity contribution in [2.75, 3.05) is 18.2 Å². The van der Waals surface area contributed by atoms with Crippen molar-refractivity contribution in [1.29, 1.82) is 0 Å². The molecule has 1 aromatic heterocycles. The molecule has 7 nitrogen and oxygen atoms in total. The van der Waals surface area contributed by atoms with Gasteiger partial charge in [-0.05, 0) is 42.2 Å². The van der Waals surface area contributed by atoms with Crippen molar-refractivity contribution in [3.8, 4) is 11.5 Å². The van der Waals surface area contributed by atoms with Crippen LogP contribution in [0.2, 0.25) is 0 Å². The average molecular weight is 388 g/mol. The van der Waals surface area contributed by atoms with Gasteiger partial charge in [-0.3, -0.25) is 4.79 Å². The molecule has 5 rings (SSSR count). The molecule has 1 N–H and O–H groups in total. The number of fused-ring (bicyclic) bond motifs is 2. The van der Waals surface area contributed by atoms with Gasteiger partial charge in [0.05, 0.1) is 12.4 Å². The fourth-order valence-electron chi connectivity index (χ4n) is 3.67. The third kappa shape index (κ3) is 3.47. The summed E-state index contributed by atoms with van der Waals surface area (Å²) in [6.45, 7) is 1.49.